The van der Waals surface area contributed by atoms with Crippen molar-refractivity contribution in [3.8, 4) is 0 Å². The standard InChI is InChI=1S/C15H18N2O2/c18-13-9-15(7-4-8-16-11-15)14(19)17(13)10-12-5-2-1-3-6-12/h1-3,5-6,16H,4,7-11H2/t15-/m0/s1. The van der Waals surface area contributed by atoms with Crippen LogP contribution in [0, 0.1) is 5.41 Å². The molecule has 4 heteroatoms. The predicted molar refractivity (Wildman–Crippen MR) is 71.2 cm³/mol. The first-order chi connectivity index (χ1) is 9.21. The van der Waals surface area contributed by atoms with E-state index in [0.29, 0.717) is 19.5 Å². The lowest BCUT2D eigenvalue weighted by Crippen LogP contribution is -2.45. The molecule has 0 bridgehead atoms. The smallest absolute Gasteiger partial charge is 0.237 e. The van der Waals surface area contributed by atoms with Crippen LogP contribution in [0.2, 0.25) is 0 Å². The van der Waals surface area contributed by atoms with Crippen LogP contribution in [0.4, 0.5) is 0 Å². The molecule has 2 saturated heterocycles. The Morgan fingerprint density at radius 3 is 2.68 bits per heavy atom. The minimum Gasteiger partial charge on any atom is -0.316 e. The highest BCUT2D eigenvalue weighted by molar-refractivity contribution is 6.06. The van der Waals surface area contributed by atoms with Gasteiger partial charge in [0, 0.05) is 13.0 Å². The van der Waals surface area contributed by atoms with Gasteiger partial charge in [-0.2, -0.15) is 0 Å². The zero-order valence-electron chi connectivity index (χ0n) is 10.9. The van der Waals surface area contributed by atoms with E-state index in [1.54, 1.807) is 0 Å². The molecule has 4 nitrogen and oxygen atoms in total. The monoisotopic (exact) mass is 258 g/mol. The van der Waals surface area contributed by atoms with E-state index in [1.165, 1.54) is 4.90 Å². The molecule has 1 atom stereocenters. The van der Waals surface area contributed by atoms with Crippen LogP contribution in [0.3, 0.4) is 0 Å². The maximum absolute atomic E-state index is 12.6. The highest BCUT2D eigenvalue weighted by Crippen LogP contribution is 2.39. The Kier molecular flexibility index (Phi) is 3.11. The van der Waals surface area contributed by atoms with Crippen molar-refractivity contribution in [2.24, 2.45) is 5.41 Å². The molecule has 0 unspecified atom stereocenters. The van der Waals surface area contributed by atoms with Crippen LogP contribution in [-0.2, 0) is 16.1 Å². The number of hydrogen-bond donors (Lipinski definition) is 1. The minimum absolute atomic E-state index is 0.00792. The molecule has 0 radical (unpaired) electrons. The first-order valence-electron chi connectivity index (χ1n) is 6.81. The van der Waals surface area contributed by atoms with Gasteiger partial charge in [-0.25, -0.2) is 0 Å². The fourth-order valence-corrected chi connectivity index (χ4v) is 3.09. The maximum Gasteiger partial charge on any atom is 0.237 e. The van der Waals surface area contributed by atoms with Gasteiger partial charge in [0.25, 0.3) is 0 Å². The SMILES string of the molecule is O=C1C[C@]2(CCCNC2)C(=O)N1Cc1ccccc1. The molecule has 2 heterocycles. The lowest BCUT2D eigenvalue weighted by atomic mass is 9.79. The number of nitrogens with one attached hydrogen (secondary N) is 1. The molecule has 1 aromatic carbocycles. The van der Waals surface area contributed by atoms with E-state index in [1.807, 2.05) is 30.3 Å². The summed E-state index contributed by atoms with van der Waals surface area (Å²) in [6.07, 6.45) is 2.17. The number of carbonyl (C=O) groups excluding carboxylic acids is 2. The van der Waals surface area contributed by atoms with Crippen LogP contribution in [0.5, 0.6) is 0 Å². The average Bonchev–Trinajstić information content (AvgIpc) is 2.66. The van der Waals surface area contributed by atoms with Gasteiger partial charge in [0.2, 0.25) is 11.8 Å². The normalized spacial score (nSPS) is 27.3. The third-order valence-electron chi connectivity index (χ3n) is 4.15. The van der Waals surface area contributed by atoms with Gasteiger partial charge in [-0.3, -0.25) is 14.5 Å². The lowest BCUT2D eigenvalue weighted by molar-refractivity contribution is -0.142. The Morgan fingerprint density at radius 1 is 1.21 bits per heavy atom. The number of likely N-dealkylation sites (tertiary alicyclic amines) is 1. The van der Waals surface area contributed by atoms with E-state index in [0.717, 1.165) is 24.9 Å². The number of carbonyl (C=O) groups is 2. The van der Waals surface area contributed by atoms with E-state index in [2.05, 4.69) is 5.32 Å². The maximum atomic E-state index is 12.6. The molecule has 19 heavy (non-hydrogen) atoms. The zero-order valence-corrected chi connectivity index (χ0v) is 10.9. The van der Waals surface area contributed by atoms with Gasteiger partial charge in [0.15, 0.2) is 0 Å². The quantitative estimate of drug-likeness (QED) is 0.814. The number of hydrogen-bond acceptors (Lipinski definition) is 3. The number of benzene rings is 1. The highest BCUT2D eigenvalue weighted by atomic mass is 16.2. The summed E-state index contributed by atoms with van der Waals surface area (Å²) >= 11 is 0. The highest BCUT2D eigenvalue weighted by Gasteiger charge is 2.51. The molecule has 100 valence electrons. The summed E-state index contributed by atoms with van der Waals surface area (Å²) < 4.78 is 0. The van der Waals surface area contributed by atoms with Crippen LogP contribution in [0.25, 0.3) is 0 Å². The number of amides is 2. The van der Waals surface area contributed by atoms with Gasteiger partial charge in [-0.15, -0.1) is 0 Å². The summed E-state index contributed by atoms with van der Waals surface area (Å²) in [6, 6.07) is 9.69. The van der Waals surface area contributed by atoms with E-state index in [-0.39, 0.29) is 11.8 Å². The summed E-state index contributed by atoms with van der Waals surface area (Å²) in [5.74, 6) is -0.0221. The Hall–Kier alpha value is -1.68. The topological polar surface area (TPSA) is 49.4 Å². The van der Waals surface area contributed by atoms with Gasteiger partial charge in [0.1, 0.15) is 0 Å². The first kappa shape index (κ1) is 12.4. The molecular weight excluding hydrogens is 240 g/mol. The third-order valence-corrected chi connectivity index (χ3v) is 4.15. The van der Waals surface area contributed by atoms with Gasteiger partial charge >= 0.3 is 0 Å². The molecule has 1 N–H and O–H groups in total. The van der Waals surface area contributed by atoms with E-state index in [4.69, 9.17) is 0 Å². The second kappa shape index (κ2) is 4.78. The van der Waals surface area contributed by atoms with Crippen LogP contribution >= 0.6 is 0 Å². The Labute approximate surface area is 112 Å². The summed E-state index contributed by atoms with van der Waals surface area (Å²) in [5, 5.41) is 3.25. The molecule has 3 rings (SSSR count). The molecule has 0 aromatic heterocycles. The molecule has 2 aliphatic heterocycles. The second-order valence-electron chi connectivity index (χ2n) is 5.51. The third kappa shape index (κ3) is 2.16. The summed E-state index contributed by atoms with van der Waals surface area (Å²) in [5.41, 5.74) is 0.537. The Balaban J connectivity index is 1.79. The predicted octanol–water partition coefficient (Wildman–Crippen LogP) is 1.32. The van der Waals surface area contributed by atoms with Gasteiger partial charge in [0.05, 0.1) is 12.0 Å². The van der Waals surface area contributed by atoms with Crippen LogP contribution in [0.15, 0.2) is 30.3 Å². The van der Waals surface area contributed by atoms with E-state index in [9.17, 15) is 9.59 Å². The van der Waals surface area contributed by atoms with Crippen molar-refractivity contribution >= 4 is 11.8 Å². The van der Waals surface area contributed by atoms with Crippen molar-refractivity contribution in [2.45, 2.75) is 25.8 Å². The van der Waals surface area contributed by atoms with Crippen molar-refractivity contribution in [3.05, 3.63) is 35.9 Å². The van der Waals surface area contributed by atoms with Crippen LogP contribution in [0.1, 0.15) is 24.8 Å². The Morgan fingerprint density at radius 2 is 2.00 bits per heavy atom. The number of piperidine rings is 1. The van der Waals surface area contributed by atoms with Gasteiger partial charge in [-0.05, 0) is 24.9 Å². The fourth-order valence-electron chi connectivity index (χ4n) is 3.09. The average molecular weight is 258 g/mol. The van der Waals surface area contributed by atoms with E-state index < -0.39 is 5.41 Å². The molecule has 1 spiro atoms. The van der Waals surface area contributed by atoms with Crippen LogP contribution in [-0.4, -0.2) is 29.8 Å². The van der Waals surface area contributed by atoms with Crippen molar-refractivity contribution in [1.29, 1.82) is 0 Å². The number of imide groups is 1. The Bertz CT molecular complexity index is 492. The number of rotatable bonds is 2. The lowest BCUT2D eigenvalue weighted by Gasteiger charge is -2.31. The molecule has 1 aromatic rings. The summed E-state index contributed by atoms with van der Waals surface area (Å²) in [6.45, 7) is 1.99. The molecular formula is C15H18N2O2. The second-order valence-corrected chi connectivity index (χ2v) is 5.51. The molecule has 0 saturated carbocycles. The molecule has 0 aliphatic carbocycles. The summed E-state index contributed by atoms with van der Waals surface area (Å²) in [7, 11) is 0. The molecule has 2 amide bonds. The van der Waals surface area contributed by atoms with Crippen molar-refractivity contribution in [3.63, 3.8) is 0 Å². The van der Waals surface area contributed by atoms with Crippen LogP contribution < -0.4 is 5.32 Å². The molecule has 2 aliphatic rings. The van der Waals surface area contributed by atoms with Gasteiger partial charge in [-0.1, -0.05) is 30.3 Å². The largest absolute Gasteiger partial charge is 0.316 e. The molecule has 2 fully saturated rings. The summed E-state index contributed by atoms with van der Waals surface area (Å²) in [4.78, 5) is 26.1. The minimum atomic E-state index is -0.468. The van der Waals surface area contributed by atoms with Crippen molar-refractivity contribution in [2.75, 3.05) is 13.1 Å². The van der Waals surface area contributed by atoms with Crippen molar-refractivity contribution in [1.82, 2.24) is 10.2 Å². The van der Waals surface area contributed by atoms with E-state index >= 15 is 0 Å². The zero-order chi connectivity index (χ0) is 13.3. The van der Waals surface area contributed by atoms with Crippen molar-refractivity contribution < 1.29 is 9.59 Å². The first-order valence-corrected chi connectivity index (χ1v) is 6.81. The fraction of sp³-hybridized carbons (Fsp3) is 0.467. The number of nitrogens with zero attached hydrogens (tertiary/aromatic N) is 1. The van der Waals surface area contributed by atoms with Gasteiger partial charge < -0.3 is 5.32 Å².